The van der Waals surface area contributed by atoms with Crippen LogP contribution in [0.1, 0.15) is 27.2 Å². The Balaban J connectivity index is 2.56. The smallest absolute Gasteiger partial charge is 0.325 e. The lowest BCUT2D eigenvalue weighted by Crippen LogP contribution is -2.47. The maximum absolute atomic E-state index is 11.7. The van der Waals surface area contributed by atoms with Crippen molar-refractivity contribution in [1.29, 1.82) is 0 Å². The molecule has 0 bridgehead atoms. The van der Waals surface area contributed by atoms with Crippen molar-refractivity contribution >= 4 is 33.7 Å². The summed E-state index contributed by atoms with van der Waals surface area (Å²) in [6.07, 6.45) is 0.576. The highest BCUT2D eigenvalue weighted by Gasteiger charge is 2.31. The van der Waals surface area contributed by atoms with Gasteiger partial charge in [-0.15, -0.1) is 11.8 Å². The number of rotatable bonds is 6. The Hall–Kier alpha value is -0.520. The molecule has 0 saturated carbocycles. The number of halogens is 1. The first-order valence-corrected chi connectivity index (χ1v) is 7.90. The van der Waals surface area contributed by atoms with Gasteiger partial charge < -0.3 is 10.5 Å². The Morgan fingerprint density at radius 1 is 1.47 bits per heavy atom. The van der Waals surface area contributed by atoms with Crippen molar-refractivity contribution in [2.24, 2.45) is 5.73 Å². The fourth-order valence-corrected chi connectivity index (χ4v) is 3.22. The maximum Gasteiger partial charge on any atom is 0.325 e. The number of esters is 1. The van der Waals surface area contributed by atoms with E-state index in [9.17, 15) is 4.79 Å². The van der Waals surface area contributed by atoms with Gasteiger partial charge in [0.05, 0.1) is 6.61 Å². The number of hydrogen-bond acceptors (Lipinski definition) is 4. The average Bonchev–Trinajstić information content (AvgIpc) is 2.31. The highest BCUT2D eigenvalue weighted by atomic mass is 79.9. The van der Waals surface area contributed by atoms with E-state index in [1.807, 2.05) is 24.3 Å². The van der Waals surface area contributed by atoms with Crippen LogP contribution in [0.2, 0.25) is 0 Å². The molecular formula is C14H20BrNO2S. The number of ether oxygens (including phenoxy) is 1. The van der Waals surface area contributed by atoms with E-state index in [0.717, 1.165) is 9.37 Å². The third kappa shape index (κ3) is 5.55. The van der Waals surface area contributed by atoms with E-state index >= 15 is 0 Å². The molecule has 19 heavy (non-hydrogen) atoms. The van der Waals surface area contributed by atoms with Crippen molar-refractivity contribution in [1.82, 2.24) is 0 Å². The Morgan fingerprint density at radius 3 is 2.58 bits per heavy atom. The molecule has 0 aliphatic heterocycles. The summed E-state index contributed by atoms with van der Waals surface area (Å²) in [6.45, 7) is 5.94. The SMILES string of the molecule is CCOC(=O)C(C)(N)CC(C)Sc1ccc(Br)cc1. The third-order valence-corrected chi connectivity index (χ3v) is 4.25. The number of hydrogen-bond donors (Lipinski definition) is 1. The Morgan fingerprint density at radius 2 is 2.05 bits per heavy atom. The molecule has 0 saturated heterocycles. The standard InChI is InChI=1S/C14H20BrNO2S/c1-4-18-13(17)14(3,16)9-10(2)19-12-7-5-11(15)6-8-12/h5-8,10H,4,9,16H2,1-3H3. The third-order valence-electron chi connectivity index (χ3n) is 2.60. The van der Waals surface area contributed by atoms with Crippen LogP contribution in [0.15, 0.2) is 33.6 Å². The molecule has 0 radical (unpaired) electrons. The van der Waals surface area contributed by atoms with Crippen LogP contribution in [0.4, 0.5) is 0 Å². The molecule has 2 N–H and O–H groups in total. The van der Waals surface area contributed by atoms with Gasteiger partial charge in [0.25, 0.3) is 0 Å². The summed E-state index contributed by atoms with van der Waals surface area (Å²) in [5, 5.41) is 0.237. The van der Waals surface area contributed by atoms with E-state index in [1.54, 1.807) is 25.6 Å². The van der Waals surface area contributed by atoms with Gasteiger partial charge in [-0.1, -0.05) is 22.9 Å². The Bertz CT molecular complexity index is 420. The zero-order chi connectivity index (χ0) is 14.5. The van der Waals surface area contributed by atoms with Gasteiger partial charge in [-0.25, -0.2) is 0 Å². The van der Waals surface area contributed by atoms with Crippen LogP contribution in [-0.4, -0.2) is 23.4 Å². The summed E-state index contributed by atoms with van der Waals surface area (Å²) < 4.78 is 6.05. The molecule has 1 rings (SSSR count). The van der Waals surface area contributed by atoms with E-state index in [2.05, 4.69) is 22.9 Å². The van der Waals surface area contributed by atoms with Gasteiger partial charge in [0.2, 0.25) is 0 Å². The molecule has 0 spiro atoms. The first kappa shape index (κ1) is 16.5. The van der Waals surface area contributed by atoms with Gasteiger partial charge in [0.1, 0.15) is 5.54 Å². The monoisotopic (exact) mass is 345 g/mol. The predicted octanol–water partition coefficient (Wildman–Crippen LogP) is 3.60. The van der Waals surface area contributed by atoms with Crippen molar-refractivity contribution in [3.63, 3.8) is 0 Å². The second kappa shape index (κ2) is 7.31. The van der Waals surface area contributed by atoms with Crippen LogP contribution in [0.3, 0.4) is 0 Å². The normalized spacial score (nSPS) is 15.6. The minimum atomic E-state index is -0.933. The highest BCUT2D eigenvalue weighted by Crippen LogP contribution is 2.29. The Kier molecular flexibility index (Phi) is 6.36. The molecule has 5 heteroatoms. The molecule has 3 nitrogen and oxygen atoms in total. The lowest BCUT2D eigenvalue weighted by atomic mass is 9.98. The lowest BCUT2D eigenvalue weighted by Gasteiger charge is -2.25. The second-order valence-electron chi connectivity index (χ2n) is 4.72. The first-order chi connectivity index (χ1) is 8.85. The van der Waals surface area contributed by atoms with Crippen LogP contribution in [-0.2, 0) is 9.53 Å². The van der Waals surface area contributed by atoms with Gasteiger partial charge in [-0.2, -0.15) is 0 Å². The molecule has 0 fully saturated rings. The maximum atomic E-state index is 11.7. The Labute approximate surface area is 127 Å². The van der Waals surface area contributed by atoms with Gasteiger partial charge in [0, 0.05) is 14.6 Å². The van der Waals surface area contributed by atoms with Crippen molar-refractivity contribution in [3.8, 4) is 0 Å². The molecule has 1 aromatic rings. The van der Waals surface area contributed by atoms with Gasteiger partial charge in [-0.3, -0.25) is 4.79 Å². The molecule has 0 heterocycles. The minimum absolute atomic E-state index is 0.237. The van der Waals surface area contributed by atoms with Gasteiger partial charge in [0.15, 0.2) is 0 Å². The van der Waals surface area contributed by atoms with Crippen LogP contribution in [0.25, 0.3) is 0 Å². The van der Waals surface area contributed by atoms with Crippen molar-refractivity contribution < 1.29 is 9.53 Å². The number of thioether (sulfide) groups is 1. The van der Waals surface area contributed by atoms with Gasteiger partial charge >= 0.3 is 5.97 Å². The minimum Gasteiger partial charge on any atom is -0.465 e. The summed E-state index contributed by atoms with van der Waals surface area (Å²) in [6, 6.07) is 8.09. The molecule has 0 aromatic heterocycles. The quantitative estimate of drug-likeness (QED) is 0.632. The number of carbonyl (C=O) groups is 1. The van der Waals surface area contributed by atoms with Gasteiger partial charge in [-0.05, 0) is 44.5 Å². The van der Waals surface area contributed by atoms with Crippen LogP contribution in [0.5, 0.6) is 0 Å². The summed E-state index contributed by atoms with van der Waals surface area (Å²) >= 11 is 5.11. The molecular weight excluding hydrogens is 326 g/mol. The van der Waals surface area contributed by atoms with Crippen LogP contribution >= 0.6 is 27.7 Å². The summed E-state index contributed by atoms with van der Waals surface area (Å²) in [4.78, 5) is 12.9. The fraction of sp³-hybridized carbons (Fsp3) is 0.500. The molecule has 1 aromatic carbocycles. The fourth-order valence-electron chi connectivity index (χ4n) is 1.76. The predicted molar refractivity (Wildman–Crippen MR) is 83.3 cm³/mol. The number of nitrogens with two attached hydrogens (primary N) is 1. The summed E-state index contributed by atoms with van der Waals surface area (Å²) in [5.74, 6) is -0.335. The van der Waals surface area contributed by atoms with E-state index < -0.39 is 5.54 Å². The van der Waals surface area contributed by atoms with E-state index in [-0.39, 0.29) is 11.2 Å². The van der Waals surface area contributed by atoms with E-state index in [4.69, 9.17) is 10.5 Å². The second-order valence-corrected chi connectivity index (χ2v) is 7.15. The van der Waals surface area contributed by atoms with E-state index in [1.165, 1.54) is 0 Å². The first-order valence-electron chi connectivity index (χ1n) is 6.23. The molecule has 0 aliphatic rings. The highest BCUT2D eigenvalue weighted by molar-refractivity contribution is 9.10. The van der Waals surface area contributed by atoms with Crippen molar-refractivity contribution in [2.75, 3.05) is 6.61 Å². The molecule has 0 amide bonds. The summed E-state index contributed by atoms with van der Waals surface area (Å²) in [5.41, 5.74) is 5.10. The zero-order valence-electron chi connectivity index (χ0n) is 11.5. The molecule has 0 aliphatic carbocycles. The van der Waals surface area contributed by atoms with Crippen molar-refractivity contribution in [3.05, 3.63) is 28.7 Å². The van der Waals surface area contributed by atoms with Crippen LogP contribution in [0, 0.1) is 0 Å². The zero-order valence-corrected chi connectivity index (χ0v) is 13.9. The van der Waals surface area contributed by atoms with Crippen LogP contribution < -0.4 is 5.73 Å². The lowest BCUT2D eigenvalue weighted by molar-refractivity contribution is -0.149. The topological polar surface area (TPSA) is 52.3 Å². The molecule has 2 atom stereocenters. The van der Waals surface area contributed by atoms with Crippen molar-refractivity contribution in [2.45, 2.75) is 42.9 Å². The number of benzene rings is 1. The molecule has 106 valence electrons. The summed E-state index contributed by atoms with van der Waals surface area (Å²) in [7, 11) is 0. The average molecular weight is 346 g/mol. The largest absolute Gasteiger partial charge is 0.465 e. The molecule has 2 unspecified atom stereocenters. The van der Waals surface area contributed by atoms with E-state index in [0.29, 0.717) is 13.0 Å². The number of carbonyl (C=O) groups excluding carboxylic acids is 1.